The average Bonchev–Trinajstić information content (AvgIpc) is 2.99. The maximum Gasteiger partial charge on any atom is 0.335 e. The maximum atomic E-state index is 12.2. The Morgan fingerprint density at radius 1 is 1.07 bits per heavy atom. The van der Waals surface area contributed by atoms with E-state index in [4.69, 9.17) is 4.42 Å². The molecule has 1 aromatic rings. The number of hydrogen-bond acceptors (Lipinski definition) is 5. The number of oxime groups is 1. The van der Waals surface area contributed by atoms with E-state index in [1.165, 1.54) is 11.6 Å². The van der Waals surface area contributed by atoms with Gasteiger partial charge in [-0.1, -0.05) is 24.6 Å². The summed E-state index contributed by atoms with van der Waals surface area (Å²) in [4.78, 5) is 11.4. The second kappa shape index (κ2) is 6.31. The maximum absolute atomic E-state index is 12.2. The summed E-state index contributed by atoms with van der Waals surface area (Å²) in [6, 6.07) is 3.39. The summed E-state index contributed by atoms with van der Waals surface area (Å²) in [6.45, 7) is 4.63. The summed E-state index contributed by atoms with van der Waals surface area (Å²) >= 11 is 0. The van der Waals surface area contributed by atoms with E-state index in [9.17, 15) is 15.1 Å². The van der Waals surface area contributed by atoms with Gasteiger partial charge in [-0.05, 0) is 92.2 Å². The Balaban J connectivity index is 1.51. The zero-order chi connectivity index (χ0) is 20.4. The molecule has 156 valence electrons. The monoisotopic (exact) mass is 397 g/mol. The molecule has 4 aliphatic carbocycles. The SMILES string of the molecule is C[C@]12CCC(=NO)C=C1CCC1C2CC[C@]2(C)[C@@H](c3ccc(=O)oc3)CC[C@]12O. The summed E-state index contributed by atoms with van der Waals surface area (Å²) in [5, 5.41) is 24.9. The molecule has 6 atom stereocenters. The molecule has 0 spiro atoms. The van der Waals surface area contributed by atoms with Crippen molar-refractivity contribution in [2.24, 2.45) is 27.8 Å². The number of rotatable bonds is 1. The highest BCUT2D eigenvalue weighted by Crippen LogP contribution is 2.69. The first-order valence-corrected chi connectivity index (χ1v) is 11.0. The van der Waals surface area contributed by atoms with Crippen molar-refractivity contribution in [3.63, 3.8) is 0 Å². The number of fused-ring (bicyclic) bond motifs is 5. The molecular formula is C24H31NO4. The minimum atomic E-state index is -0.684. The van der Waals surface area contributed by atoms with Crippen LogP contribution >= 0.6 is 0 Å². The van der Waals surface area contributed by atoms with Gasteiger partial charge in [-0.2, -0.15) is 0 Å². The van der Waals surface area contributed by atoms with Gasteiger partial charge in [0.15, 0.2) is 0 Å². The lowest BCUT2D eigenvalue weighted by Gasteiger charge is -2.61. The molecule has 0 bridgehead atoms. The molecule has 0 radical (unpaired) electrons. The van der Waals surface area contributed by atoms with Crippen molar-refractivity contribution in [1.82, 2.24) is 0 Å². The van der Waals surface area contributed by atoms with Crippen LogP contribution in [0.25, 0.3) is 0 Å². The molecule has 1 aromatic heterocycles. The Morgan fingerprint density at radius 3 is 2.62 bits per heavy atom. The van der Waals surface area contributed by atoms with Crippen LogP contribution in [0.15, 0.2) is 44.4 Å². The second-order valence-electron chi connectivity index (χ2n) is 10.3. The van der Waals surface area contributed by atoms with Crippen LogP contribution < -0.4 is 5.63 Å². The van der Waals surface area contributed by atoms with Crippen LogP contribution in [0, 0.1) is 22.7 Å². The van der Waals surface area contributed by atoms with Crippen LogP contribution in [-0.4, -0.2) is 21.6 Å². The van der Waals surface area contributed by atoms with Crippen LogP contribution in [0.3, 0.4) is 0 Å². The molecule has 5 heteroatoms. The summed E-state index contributed by atoms with van der Waals surface area (Å²) in [5.74, 6) is 0.979. The minimum Gasteiger partial charge on any atom is -0.431 e. The molecule has 0 aromatic carbocycles. The summed E-state index contributed by atoms with van der Waals surface area (Å²) in [6.07, 6.45) is 11.3. The van der Waals surface area contributed by atoms with E-state index >= 15 is 0 Å². The van der Waals surface area contributed by atoms with Crippen LogP contribution in [-0.2, 0) is 0 Å². The van der Waals surface area contributed by atoms with E-state index in [1.54, 1.807) is 6.26 Å². The third kappa shape index (κ3) is 2.49. The van der Waals surface area contributed by atoms with Gasteiger partial charge in [0.1, 0.15) is 0 Å². The minimum absolute atomic E-state index is 0.0891. The van der Waals surface area contributed by atoms with E-state index in [1.807, 2.05) is 6.07 Å². The molecule has 5 rings (SSSR count). The Morgan fingerprint density at radius 2 is 1.90 bits per heavy atom. The summed E-state index contributed by atoms with van der Waals surface area (Å²) in [7, 11) is 0. The fourth-order valence-electron chi connectivity index (χ4n) is 7.72. The molecule has 0 amide bonds. The fraction of sp³-hybridized carbons (Fsp3) is 0.667. The molecule has 5 nitrogen and oxygen atoms in total. The van der Waals surface area contributed by atoms with E-state index in [2.05, 4.69) is 25.1 Å². The van der Waals surface area contributed by atoms with Gasteiger partial charge in [0.2, 0.25) is 0 Å². The van der Waals surface area contributed by atoms with Gasteiger partial charge >= 0.3 is 5.63 Å². The quantitative estimate of drug-likeness (QED) is 0.534. The number of nitrogens with zero attached hydrogens (tertiary/aromatic N) is 1. The van der Waals surface area contributed by atoms with Crippen LogP contribution in [0.5, 0.6) is 0 Å². The standard InChI is InChI=1S/C24H31NO4/c1-22-10-7-17(25-28)13-16(22)4-5-20-19(22)8-11-23(2)18(9-12-24(20,23)27)15-3-6-21(26)29-14-15/h3,6,13-14,18-20,27-28H,4-5,7-12H2,1-2H3/t18-,19?,20?,22+,23-,24+/m1/s1. The highest BCUT2D eigenvalue weighted by atomic mass is 16.4. The van der Waals surface area contributed by atoms with Crippen LogP contribution in [0.1, 0.15) is 76.7 Å². The van der Waals surface area contributed by atoms with Crippen molar-refractivity contribution < 1.29 is 14.7 Å². The van der Waals surface area contributed by atoms with Crippen molar-refractivity contribution in [1.29, 1.82) is 0 Å². The van der Waals surface area contributed by atoms with Gasteiger partial charge in [-0.15, -0.1) is 0 Å². The van der Waals surface area contributed by atoms with Crippen molar-refractivity contribution in [2.45, 2.75) is 76.7 Å². The molecule has 2 unspecified atom stereocenters. The first-order chi connectivity index (χ1) is 13.8. The van der Waals surface area contributed by atoms with Gasteiger partial charge in [0.25, 0.3) is 0 Å². The molecular weight excluding hydrogens is 366 g/mol. The normalized spacial score (nSPS) is 45.3. The van der Waals surface area contributed by atoms with Crippen LogP contribution in [0.2, 0.25) is 0 Å². The van der Waals surface area contributed by atoms with E-state index < -0.39 is 5.60 Å². The molecule has 29 heavy (non-hydrogen) atoms. The average molecular weight is 398 g/mol. The van der Waals surface area contributed by atoms with Gasteiger partial charge in [-0.3, -0.25) is 0 Å². The van der Waals surface area contributed by atoms with Crippen molar-refractivity contribution in [3.05, 3.63) is 46.0 Å². The zero-order valence-electron chi connectivity index (χ0n) is 17.4. The lowest BCUT2D eigenvalue weighted by molar-refractivity contribution is -0.176. The van der Waals surface area contributed by atoms with Crippen molar-refractivity contribution in [2.75, 3.05) is 0 Å². The van der Waals surface area contributed by atoms with Gasteiger partial charge < -0.3 is 14.7 Å². The predicted octanol–water partition coefficient (Wildman–Crippen LogP) is 4.63. The number of allylic oxidation sites excluding steroid dienone is 2. The van der Waals surface area contributed by atoms with Crippen LogP contribution in [0.4, 0.5) is 0 Å². The molecule has 3 fully saturated rings. The van der Waals surface area contributed by atoms with Crippen molar-refractivity contribution >= 4 is 5.71 Å². The summed E-state index contributed by atoms with van der Waals surface area (Å²) < 4.78 is 5.17. The predicted molar refractivity (Wildman–Crippen MR) is 110 cm³/mol. The number of hydrogen-bond donors (Lipinski definition) is 2. The van der Waals surface area contributed by atoms with E-state index in [-0.39, 0.29) is 28.3 Å². The lowest BCUT2D eigenvalue weighted by atomic mass is 9.45. The highest BCUT2D eigenvalue weighted by molar-refractivity contribution is 5.96. The van der Waals surface area contributed by atoms with E-state index in [0.29, 0.717) is 5.92 Å². The first kappa shape index (κ1) is 19.1. The van der Waals surface area contributed by atoms with Gasteiger partial charge in [-0.25, -0.2) is 4.79 Å². The second-order valence-corrected chi connectivity index (χ2v) is 10.3. The Kier molecular flexibility index (Phi) is 4.16. The Labute approximate surface area is 171 Å². The molecule has 4 aliphatic rings. The number of aliphatic hydroxyl groups is 1. The van der Waals surface area contributed by atoms with Gasteiger partial charge in [0.05, 0.1) is 17.6 Å². The molecule has 0 aliphatic heterocycles. The molecule has 2 N–H and O–H groups in total. The molecule has 0 saturated heterocycles. The smallest absolute Gasteiger partial charge is 0.335 e. The molecule has 1 heterocycles. The summed E-state index contributed by atoms with van der Waals surface area (Å²) in [5.41, 5.74) is 2.13. The third-order valence-electron chi connectivity index (χ3n) is 9.42. The fourth-order valence-corrected chi connectivity index (χ4v) is 7.72. The first-order valence-electron chi connectivity index (χ1n) is 11.0. The van der Waals surface area contributed by atoms with E-state index in [0.717, 1.165) is 62.6 Å². The third-order valence-corrected chi connectivity index (χ3v) is 9.42. The largest absolute Gasteiger partial charge is 0.431 e. The van der Waals surface area contributed by atoms with Crippen molar-refractivity contribution in [3.8, 4) is 0 Å². The molecule has 3 saturated carbocycles. The topological polar surface area (TPSA) is 83.0 Å². The zero-order valence-corrected chi connectivity index (χ0v) is 17.4. The lowest BCUT2D eigenvalue weighted by Crippen LogP contribution is -2.60. The Bertz CT molecular complexity index is 928. The highest BCUT2D eigenvalue weighted by Gasteiger charge is 2.66. The van der Waals surface area contributed by atoms with Gasteiger partial charge in [0, 0.05) is 11.5 Å². The Hall–Kier alpha value is -1.88.